The number of primary amides is 1. The van der Waals surface area contributed by atoms with Crippen molar-refractivity contribution in [2.75, 3.05) is 4.90 Å². The van der Waals surface area contributed by atoms with Crippen LogP contribution in [0.2, 0.25) is 0 Å². The molecule has 1 aliphatic heterocycles. The third-order valence-electron chi connectivity index (χ3n) is 5.74. The van der Waals surface area contributed by atoms with E-state index in [1.807, 2.05) is 59.5 Å². The van der Waals surface area contributed by atoms with E-state index in [9.17, 15) is 9.59 Å². The average Bonchev–Trinajstić information content (AvgIpc) is 2.67. The standard InChI is InChI=1S/C24H24BrN3O2/c1-24(2)12-17-20(18(29)13-24)19(14-8-10-15(25)11-9-14)21(23(27)30)22(26)28(17)16-6-4-3-5-7-16/h3-11,19H,12-13,26H2,1-2H3,(H2,27,30). The average molecular weight is 466 g/mol. The molecule has 4 N–H and O–H groups in total. The molecule has 0 aromatic heterocycles. The van der Waals surface area contributed by atoms with Gasteiger partial charge in [0.2, 0.25) is 5.91 Å². The molecule has 1 amide bonds. The van der Waals surface area contributed by atoms with Crippen molar-refractivity contribution in [3.63, 3.8) is 0 Å². The molecule has 4 rings (SSSR count). The second-order valence-electron chi connectivity index (χ2n) is 8.62. The molecule has 1 unspecified atom stereocenters. The maximum absolute atomic E-state index is 13.4. The van der Waals surface area contributed by atoms with Crippen LogP contribution in [0, 0.1) is 5.41 Å². The Kier molecular flexibility index (Phi) is 5.06. The van der Waals surface area contributed by atoms with E-state index >= 15 is 0 Å². The van der Waals surface area contributed by atoms with Crippen LogP contribution in [0.25, 0.3) is 0 Å². The zero-order valence-electron chi connectivity index (χ0n) is 17.0. The van der Waals surface area contributed by atoms with E-state index in [1.165, 1.54) is 0 Å². The first kappa shape index (κ1) is 20.4. The van der Waals surface area contributed by atoms with E-state index < -0.39 is 11.8 Å². The fourth-order valence-corrected chi connectivity index (χ4v) is 4.78. The van der Waals surface area contributed by atoms with E-state index in [1.54, 1.807) is 0 Å². The van der Waals surface area contributed by atoms with Crippen molar-refractivity contribution >= 4 is 33.3 Å². The van der Waals surface area contributed by atoms with E-state index in [-0.39, 0.29) is 22.6 Å². The zero-order valence-corrected chi connectivity index (χ0v) is 18.6. The van der Waals surface area contributed by atoms with Crippen LogP contribution in [0.4, 0.5) is 5.69 Å². The number of carbonyl (C=O) groups is 2. The van der Waals surface area contributed by atoms with Crippen LogP contribution in [-0.2, 0) is 9.59 Å². The van der Waals surface area contributed by atoms with Gasteiger partial charge >= 0.3 is 0 Å². The Morgan fingerprint density at radius 2 is 1.70 bits per heavy atom. The highest BCUT2D eigenvalue weighted by atomic mass is 79.9. The highest BCUT2D eigenvalue weighted by molar-refractivity contribution is 9.10. The van der Waals surface area contributed by atoms with E-state index in [4.69, 9.17) is 11.5 Å². The van der Waals surface area contributed by atoms with Crippen LogP contribution >= 0.6 is 15.9 Å². The lowest BCUT2D eigenvalue weighted by atomic mass is 9.68. The molecule has 2 aromatic rings. The lowest BCUT2D eigenvalue weighted by molar-refractivity contribution is -0.118. The number of benzene rings is 2. The van der Waals surface area contributed by atoms with Crippen molar-refractivity contribution < 1.29 is 9.59 Å². The highest BCUT2D eigenvalue weighted by Gasteiger charge is 2.45. The molecule has 2 aromatic carbocycles. The number of rotatable bonds is 3. The van der Waals surface area contributed by atoms with Crippen molar-refractivity contribution in [2.24, 2.45) is 16.9 Å². The number of amides is 1. The number of nitrogens with zero attached hydrogens (tertiary/aromatic N) is 1. The molecule has 0 saturated carbocycles. The first-order chi connectivity index (χ1) is 14.2. The molecule has 2 aliphatic rings. The monoisotopic (exact) mass is 465 g/mol. The largest absolute Gasteiger partial charge is 0.384 e. The Morgan fingerprint density at radius 1 is 1.07 bits per heavy atom. The summed E-state index contributed by atoms with van der Waals surface area (Å²) in [7, 11) is 0. The maximum Gasteiger partial charge on any atom is 0.249 e. The van der Waals surface area contributed by atoms with Crippen LogP contribution in [0.3, 0.4) is 0 Å². The molecular formula is C24H24BrN3O2. The second-order valence-corrected chi connectivity index (χ2v) is 9.54. The number of halogens is 1. The number of hydrogen-bond donors (Lipinski definition) is 2. The molecule has 1 aliphatic carbocycles. The fraction of sp³-hybridized carbons (Fsp3) is 0.250. The van der Waals surface area contributed by atoms with Gasteiger partial charge in [0.1, 0.15) is 5.82 Å². The number of carbonyl (C=O) groups excluding carboxylic acids is 2. The number of allylic oxidation sites excluding steroid dienone is 2. The van der Waals surface area contributed by atoms with Gasteiger partial charge in [-0.25, -0.2) is 0 Å². The molecular weight excluding hydrogens is 442 g/mol. The summed E-state index contributed by atoms with van der Waals surface area (Å²) < 4.78 is 0.913. The topological polar surface area (TPSA) is 89.4 Å². The van der Waals surface area contributed by atoms with Gasteiger partial charge in [-0.05, 0) is 41.7 Å². The molecule has 30 heavy (non-hydrogen) atoms. The summed E-state index contributed by atoms with van der Waals surface area (Å²) in [6, 6.07) is 17.2. The van der Waals surface area contributed by atoms with Crippen molar-refractivity contribution in [3.05, 3.63) is 87.3 Å². The number of anilines is 1. The van der Waals surface area contributed by atoms with E-state index in [0.29, 0.717) is 18.4 Å². The molecule has 154 valence electrons. The predicted octanol–water partition coefficient (Wildman–Crippen LogP) is 4.35. The molecule has 0 bridgehead atoms. The predicted molar refractivity (Wildman–Crippen MR) is 121 cm³/mol. The van der Waals surface area contributed by atoms with Crippen LogP contribution in [0.1, 0.15) is 38.2 Å². The van der Waals surface area contributed by atoms with Crippen LogP contribution in [0.15, 0.2) is 81.7 Å². The summed E-state index contributed by atoms with van der Waals surface area (Å²) in [5, 5.41) is 0. The lowest BCUT2D eigenvalue weighted by Crippen LogP contribution is -2.44. The Morgan fingerprint density at radius 3 is 2.30 bits per heavy atom. The van der Waals surface area contributed by atoms with E-state index in [2.05, 4.69) is 29.8 Å². The molecule has 5 nitrogen and oxygen atoms in total. The molecule has 1 atom stereocenters. The summed E-state index contributed by atoms with van der Waals surface area (Å²) in [4.78, 5) is 27.9. The lowest BCUT2D eigenvalue weighted by Gasteiger charge is -2.44. The van der Waals surface area contributed by atoms with Crippen LogP contribution in [-0.4, -0.2) is 11.7 Å². The summed E-state index contributed by atoms with van der Waals surface area (Å²) in [6.45, 7) is 4.16. The van der Waals surface area contributed by atoms with Gasteiger partial charge in [-0.3, -0.25) is 14.5 Å². The van der Waals surface area contributed by atoms with Crippen molar-refractivity contribution in [1.82, 2.24) is 0 Å². The second kappa shape index (κ2) is 7.43. The minimum atomic E-state index is -0.620. The molecule has 0 saturated heterocycles. The van der Waals surface area contributed by atoms with Gasteiger partial charge in [0.25, 0.3) is 0 Å². The normalized spacial score (nSPS) is 21.0. The van der Waals surface area contributed by atoms with Crippen LogP contribution in [0.5, 0.6) is 0 Å². The zero-order chi connectivity index (χ0) is 21.6. The van der Waals surface area contributed by atoms with Crippen molar-refractivity contribution in [3.8, 4) is 0 Å². The van der Waals surface area contributed by atoms with E-state index in [0.717, 1.165) is 21.4 Å². The Balaban J connectivity index is 2.02. The smallest absolute Gasteiger partial charge is 0.249 e. The fourth-order valence-electron chi connectivity index (χ4n) is 4.52. The number of hydrogen-bond acceptors (Lipinski definition) is 4. The molecule has 6 heteroatoms. The SMILES string of the molecule is CC1(C)CC(=O)C2=C(C1)N(c1ccccc1)C(N)=C(C(N)=O)C2c1ccc(Br)cc1. The molecule has 0 fully saturated rings. The Labute approximate surface area is 184 Å². The first-order valence-electron chi connectivity index (χ1n) is 9.86. The molecule has 0 spiro atoms. The summed E-state index contributed by atoms with van der Waals surface area (Å²) in [5.74, 6) is -0.882. The quantitative estimate of drug-likeness (QED) is 0.704. The number of Topliss-reactive ketones (excluding diaryl/α,β-unsaturated/α-hetero) is 1. The molecule has 1 heterocycles. The van der Waals surface area contributed by atoms with Gasteiger partial charge in [0.15, 0.2) is 5.78 Å². The van der Waals surface area contributed by atoms with Crippen LogP contribution < -0.4 is 16.4 Å². The Bertz CT molecular complexity index is 1090. The Hall–Kier alpha value is -2.86. The number of para-hydroxylation sites is 1. The van der Waals surface area contributed by atoms with Gasteiger partial charge in [0.05, 0.1) is 5.57 Å². The van der Waals surface area contributed by atoms with Gasteiger partial charge in [-0.1, -0.05) is 60.1 Å². The summed E-state index contributed by atoms with van der Waals surface area (Å²) in [6.07, 6.45) is 1.08. The van der Waals surface area contributed by atoms with Crippen molar-refractivity contribution in [2.45, 2.75) is 32.6 Å². The third kappa shape index (κ3) is 3.45. The molecule has 0 radical (unpaired) electrons. The summed E-state index contributed by atoms with van der Waals surface area (Å²) >= 11 is 3.45. The number of nitrogens with two attached hydrogens (primary N) is 2. The minimum Gasteiger partial charge on any atom is -0.384 e. The summed E-state index contributed by atoms with van der Waals surface area (Å²) in [5.41, 5.74) is 15.6. The third-order valence-corrected chi connectivity index (χ3v) is 6.27. The minimum absolute atomic E-state index is 0.0290. The number of ketones is 1. The highest BCUT2D eigenvalue weighted by Crippen LogP contribution is 2.50. The van der Waals surface area contributed by atoms with Crippen molar-refractivity contribution in [1.29, 1.82) is 0 Å². The maximum atomic E-state index is 13.4. The van der Waals surface area contributed by atoms with Gasteiger partial charge < -0.3 is 11.5 Å². The van der Waals surface area contributed by atoms with Gasteiger partial charge in [-0.2, -0.15) is 0 Å². The van der Waals surface area contributed by atoms with Gasteiger partial charge in [-0.15, -0.1) is 0 Å². The first-order valence-corrected chi connectivity index (χ1v) is 10.7. The van der Waals surface area contributed by atoms with Gasteiger partial charge in [0, 0.05) is 33.8 Å².